The average molecular weight is 650 g/mol. The number of carbonyl (C=O) groups excluding carboxylic acids is 4. The van der Waals surface area contributed by atoms with Crippen molar-refractivity contribution in [1.29, 1.82) is 0 Å². The largest absolute Gasteiger partial charge is 0.340 e. The van der Waals surface area contributed by atoms with Gasteiger partial charge in [0.05, 0.1) is 17.4 Å². The van der Waals surface area contributed by atoms with Gasteiger partial charge in [-0.05, 0) is 56.5 Å². The standard InChI is InChI=1S/C33H44FN9O4/c1-4-43-27(12-13-37-43)31(45)40-29(22-8-6-5-7-9-22)32(46)38-26-11-10-23(18-25(26)34)21(2)28(39-30(44)24-19-35-36-20-24)33(47)42-16-14-41(3)15-17-42/h10-13,18-22,28-29H,4-9,14-17H2,1-3H3,(H,35,36)(H,38,46)(H,39,44)(H,40,45)/t21-,28+,29-/m0/s1. The molecule has 0 bridgehead atoms. The van der Waals surface area contributed by atoms with Crippen molar-refractivity contribution in [3.8, 4) is 0 Å². The molecule has 4 amide bonds. The highest BCUT2D eigenvalue weighted by Gasteiger charge is 2.35. The van der Waals surface area contributed by atoms with Gasteiger partial charge in [-0.25, -0.2) is 4.39 Å². The molecular weight excluding hydrogens is 605 g/mol. The Labute approximate surface area is 273 Å². The molecule has 1 saturated carbocycles. The molecule has 0 spiro atoms. The van der Waals surface area contributed by atoms with Crippen LogP contribution in [0.5, 0.6) is 0 Å². The van der Waals surface area contributed by atoms with E-state index in [1.54, 1.807) is 28.6 Å². The van der Waals surface area contributed by atoms with Gasteiger partial charge in [0.2, 0.25) is 11.8 Å². The molecule has 3 atom stereocenters. The van der Waals surface area contributed by atoms with E-state index >= 15 is 4.39 Å². The third-order valence-corrected chi connectivity index (χ3v) is 9.34. The summed E-state index contributed by atoms with van der Waals surface area (Å²) in [4.78, 5) is 57.4. The molecule has 3 heterocycles. The second kappa shape index (κ2) is 15.3. The van der Waals surface area contributed by atoms with Crippen molar-refractivity contribution in [2.75, 3.05) is 38.5 Å². The average Bonchev–Trinajstić information content (AvgIpc) is 3.80. The number of likely N-dealkylation sites (N-methyl/N-ethyl adjacent to an activating group) is 1. The van der Waals surface area contributed by atoms with Gasteiger partial charge in [-0.2, -0.15) is 10.2 Å². The molecule has 1 aliphatic heterocycles. The SMILES string of the molecule is CCn1nccc1C(=O)N[C@H](C(=O)Nc1ccc([C@H](C)[C@@H](NC(=O)c2cn[nH]c2)C(=O)N2CCN(C)CC2)cc1F)C1CCCCC1. The zero-order valence-electron chi connectivity index (χ0n) is 27.2. The molecule has 2 aromatic heterocycles. The van der Waals surface area contributed by atoms with Gasteiger partial charge in [-0.3, -0.25) is 29.0 Å². The lowest BCUT2D eigenvalue weighted by molar-refractivity contribution is -0.135. The first-order valence-corrected chi connectivity index (χ1v) is 16.4. The number of aryl methyl sites for hydroxylation is 1. The second-order valence-corrected chi connectivity index (χ2v) is 12.5. The maximum Gasteiger partial charge on any atom is 0.270 e. The fourth-order valence-electron chi connectivity index (χ4n) is 6.40. The van der Waals surface area contributed by atoms with Crippen molar-refractivity contribution in [3.63, 3.8) is 0 Å². The molecule has 47 heavy (non-hydrogen) atoms. The van der Waals surface area contributed by atoms with Crippen LogP contribution in [0.4, 0.5) is 10.1 Å². The highest BCUT2D eigenvalue weighted by atomic mass is 19.1. The van der Waals surface area contributed by atoms with Gasteiger partial charge >= 0.3 is 0 Å². The fraction of sp³-hybridized carbons (Fsp3) is 0.515. The number of H-pyrrole nitrogens is 1. The Bertz CT molecular complexity index is 1540. The number of hydrogen-bond acceptors (Lipinski definition) is 7. The van der Waals surface area contributed by atoms with Gasteiger partial charge in [0.1, 0.15) is 23.6 Å². The number of rotatable bonds is 11. The molecule has 5 rings (SSSR count). The van der Waals surface area contributed by atoms with E-state index in [4.69, 9.17) is 0 Å². The lowest BCUT2D eigenvalue weighted by Crippen LogP contribution is -2.55. The number of piperazine rings is 1. The van der Waals surface area contributed by atoms with Gasteiger partial charge in [-0.15, -0.1) is 0 Å². The van der Waals surface area contributed by atoms with Crippen molar-refractivity contribution in [3.05, 3.63) is 65.5 Å². The Morgan fingerprint density at radius 3 is 2.43 bits per heavy atom. The summed E-state index contributed by atoms with van der Waals surface area (Å²) in [6.45, 7) is 6.57. The third kappa shape index (κ3) is 8.05. The molecule has 3 aromatic rings. The van der Waals surface area contributed by atoms with Gasteiger partial charge in [-0.1, -0.05) is 32.3 Å². The van der Waals surface area contributed by atoms with Gasteiger partial charge < -0.3 is 25.8 Å². The van der Waals surface area contributed by atoms with E-state index in [2.05, 4.69) is 36.1 Å². The highest BCUT2D eigenvalue weighted by molar-refractivity contribution is 6.01. The molecule has 2 fully saturated rings. The molecule has 0 radical (unpaired) electrons. The third-order valence-electron chi connectivity index (χ3n) is 9.34. The van der Waals surface area contributed by atoms with E-state index in [0.717, 1.165) is 32.1 Å². The number of anilines is 1. The van der Waals surface area contributed by atoms with Crippen LogP contribution in [0.15, 0.2) is 42.9 Å². The van der Waals surface area contributed by atoms with Crippen molar-refractivity contribution in [2.24, 2.45) is 5.92 Å². The zero-order chi connectivity index (χ0) is 33.5. The van der Waals surface area contributed by atoms with Crippen LogP contribution in [0.3, 0.4) is 0 Å². The molecule has 1 saturated heterocycles. The second-order valence-electron chi connectivity index (χ2n) is 12.5. The Morgan fingerprint density at radius 2 is 1.77 bits per heavy atom. The van der Waals surface area contributed by atoms with Crippen LogP contribution in [-0.2, 0) is 16.1 Å². The van der Waals surface area contributed by atoms with Gasteiger partial charge in [0.25, 0.3) is 11.8 Å². The van der Waals surface area contributed by atoms with Crippen molar-refractivity contribution in [2.45, 2.75) is 70.5 Å². The Balaban J connectivity index is 1.33. The van der Waals surface area contributed by atoms with Crippen LogP contribution >= 0.6 is 0 Å². The van der Waals surface area contributed by atoms with E-state index < -0.39 is 41.5 Å². The molecule has 1 aliphatic carbocycles. The van der Waals surface area contributed by atoms with Crippen molar-refractivity contribution in [1.82, 2.24) is 40.4 Å². The number of halogens is 1. The van der Waals surface area contributed by atoms with Gasteiger partial charge in [0.15, 0.2) is 0 Å². The van der Waals surface area contributed by atoms with Crippen LogP contribution < -0.4 is 16.0 Å². The number of carbonyl (C=O) groups is 4. The summed E-state index contributed by atoms with van der Waals surface area (Å²) in [6.07, 6.45) is 8.86. The predicted octanol–water partition coefficient (Wildman–Crippen LogP) is 2.76. The van der Waals surface area contributed by atoms with Crippen LogP contribution in [0.2, 0.25) is 0 Å². The summed E-state index contributed by atoms with van der Waals surface area (Å²) >= 11 is 0. The summed E-state index contributed by atoms with van der Waals surface area (Å²) in [6, 6.07) is 4.16. The number of aromatic nitrogens is 4. The molecule has 4 N–H and O–H groups in total. The Kier molecular flexibility index (Phi) is 11.0. The molecule has 13 nitrogen and oxygen atoms in total. The van der Waals surface area contributed by atoms with Crippen LogP contribution in [0, 0.1) is 11.7 Å². The minimum Gasteiger partial charge on any atom is -0.340 e. The van der Waals surface area contributed by atoms with Crippen LogP contribution in [0.1, 0.15) is 78.3 Å². The molecule has 1 aromatic carbocycles. The number of amides is 4. The quantitative estimate of drug-likeness (QED) is 0.249. The summed E-state index contributed by atoms with van der Waals surface area (Å²) in [5.74, 6) is -3.01. The number of nitrogens with one attached hydrogen (secondary N) is 4. The van der Waals surface area contributed by atoms with E-state index in [-0.39, 0.29) is 23.1 Å². The summed E-state index contributed by atoms with van der Waals surface area (Å²) in [5, 5.41) is 19.0. The van der Waals surface area contributed by atoms with Crippen molar-refractivity contribution >= 4 is 29.3 Å². The van der Waals surface area contributed by atoms with E-state index in [1.807, 2.05) is 14.0 Å². The normalized spacial score (nSPS) is 17.8. The molecule has 0 unspecified atom stereocenters. The fourth-order valence-corrected chi connectivity index (χ4v) is 6.40. The molecular formula is C33H44FN9O4. The van der Waals surface area contributed by atoms with Crippen molar-refractivity contribution < 1.29 is 23.6 Å². The molecule has 14 heteroatoms. The molecule has 252 valence electrons. The highest BCUT2D eigenvalue weighted by Crippen LogP contribution is 2.29. The first-order chi connectivity index (χ1) is 22.7. The lowest BCUT2D eigenvalue weighted by Gasteiger charge is -2.36. The maximum atomic E-state index is 15.7. The summed E-state index contributed by atoms with van der Waals surface area (Å²) in [7, 11) is 1.99. The number of hydrogen-bond donors (Lipinski definition) is 4. The summed E-state index contributed by atoms with van der Waals surface area (Å²) in [5.41, 5.74) is 1.07. The predicted molar refractivity (Wildman–Crippen MR) is 173 cm³/mol. The molecule has 2 aliphatic rings. The topological polar surface area (TPSA) is 157 Å². The van der Waals surface area contributed by atoms with E-state index in [9.17, 15) is 19.2 Å². The zero-order valence-corrected chi connectivity index (χ0v) is 27.2. The van der Waals surface area contributed by atoms with Crippen LogP contribution in [0.25, 0.3) is 0 Å². The maximum absolute atomic E-state index is 15.7. The minimum absolute atomic E-state index is 0.0380. The van der Waals surface area contributed by atoms with E-state index in [1.165, 1.54) is 30.7 Å². The van der Waals surface area contributed by atoms with Gasteiger partial charge in [0, 0.05) is 51.0 Å². The first-order valence-electron chi connectivity index (χ1n) is 16.4. The lowest BCUT2D eigenvalue weighted by atomic mass is 9.83. The first kappa shape index (κ1) is 33.8. The summed E-state index contributed by atoms with van der Waals surface area (Å²) < 4.78 is 17.3. The van der Waals surface area contributed by atoms with Crippen LogP contribution in [-0.4, -0.2) is 98.7 Å². The minimum atomic E-state index is -0.969. The number of aromatic amines is 1. The Morgan fingerprint density at radius 1 is 1.02 bits per heavy atom. The number of benzene rings is 1. The Hall–Kier alpha value is -4.59. The number of nitrogens with zero attached hydrogens (tertiary/aromatic N) is 5. The monoisotopic (exact) mass is 649 g/mol. The van der Waals surface area contributed by atoms with E-state index in [0.29, 0.717) is 44.0 Å². The smallest absolute Gasteiger partial charge is 0.270 e.